The van der Waals surface area contributed by atoms with Crippen LogP contribution in [-0.4, -0.2) is 21.3 Å². The van der Waals surface area contributed by atoms with E-state index in [1.54, 1.807) is 10.6 Å². The largest absolute Gasteiger partial charge is 0.343 e. The summed E-state index contributed by atoms with van der Waals surface area (Å²) in [4.78, 5) is 12.4. The molecule has 20 heavy (non-hydrogen) atoms. The molecule has 2 aromatic rings. The van der Waals surface area contributed by atoms with Crippen molar-refractivity contribution in [3.05, 3.63) is 40.1 Å². The molecule has 0 saturated carbocycles. The number of benzene rings is 1. The first-order valence-electron chi connectivity index (χ1n) is 6.47. The van der Waals surface area contributed by atoms with Crippen LogP contribution in [-0.2, 0) is 13.0 Å². The van der Waals surface area contributed by atoms with Gasteiger partial charge in [-0.15, -0.1) is 5.10 Å². The highest BCUT2D eigenvalue weighted by molar-refractivity contribution is 7.99. The first-order valence-corrected chi connectivity index (χ1v) is 7.29. The Hall–Kier alpha value is -1.60. The van der Waals surface area contributed by atoms with Crippen LogP contribution in [0.3, 0.4) is 0 Å². The Balaban J connectivity index is 2.35. The quantitative estimate of drug-likeness (QED) is 0.852. The van der Waals surface area contributed by atoms with E-state index in [4.69, 9.17) is 5.73 Å². The van der Waals surface area contributed by atoms with Crippen molar-refractivity contribution in [2.75, 3.05) is 6.54 Å². The zero-order valence-corrected chi connectivity index (χ0v) is 12.0. The van der Waals surface area contributed by atoms with E-state index >= 15 is 0 Å². The van der Waals surface area contributed by atoms with Gasteiger partial charge in [0, 0.05) is 17.0 Å². The van der Waals surface area contributed by atoms with Gasteiger partial charge >= 0.3 is 5.69 Å². The van der Waals surface area contributed by atoms with Crippen LogP contribution in [0.25, 0.3) is 0 Å². The van der Waals surface area contributed by atoms with Gasteiger partial charge in [-0.25, -0.2) is 14.3 Å². The van der Waals surface area contributed by atoms with E-state index in [2.05, 4.69) is 10.2 Å². The van der Waals surface area contributed by atoms with Crippen LogP contribution in [0.4, 0.5) is 4.39 Å². The highest BCUT2D eigenvalue weighted by Gasteiger charge is 2.14. The monoisotopic (exact) mass is 296 g/mol. The van der Waals surface area contributed by atoms with Crippen LogP contribution >= 0.6 is 11.8 Å². The number of halogens is 1. The molecule has 0 aliphatic rings. The molecule has 5 nitrogen and oxygen atoms in total. The maximum atomic E-state index is 13.8. The fourth-order valence-corrected chi connectivity index (χ4v) is 2.96. The van der Waals surface area contributed by atoms with Gasteiger partial charge in [-0.05, 0) is 43.3 Å². The highest BCUT2D eigenvalue weighted by atomic mass is 32.2. The van der Waals surface area contributed by atoms with Gasteiger partial charge in [-0.2, -0.15) is 0 Å². The lowest BCUT2D eigenvalue weighted by atomic mass is 10.1. The van der Waals surface area contributed by atoms with E-state index in [9.17, 15) is 9.18 Å². The minimum atomic E-state index is -0.277. The van der Waals surface area contributed by atoms with E-state index in [-0.39, 0.29) is 11.5 Å². The molecule has 0 unspecified atom stereocenters. The molecular weight excluding hydrogens is 279 g/mol. The minimum absolute atomic E-state index is 0.244. The molecule has 0 radical (unpaired) electrons. The number of nitrogens with two attached hydrogens (primary N) is 1. The van der Waals surface area contributed by atoms with Gasteiger partial charge in [0.25, 0.3) is 0 Å². The summed E-state index contributed by atoms with van der Waals surface area (Å²) in [7, 11) is 0. The van der Waals surface area contributed by atoms with E-state index < -0.39 is 0 Å². The SMILES string of the molecule is CCCn1c(Sc2cccc(F)c2CCN)n[nH]c1=O. The van der Waals surface area contributed by atoms with Crippen molar-refractivity contribution in [1.29, 1.82) is 0 Å². The first-order chi connectivity index (χ1) is 9.67. The fraction of sp³-hybridized carbons (Fsp3) is 0.385. The van der Waals surface area contributed by atoms with Crippen molar-refractivity contribution in [2.24, 2.45) is 5.73 Å². The van der Waals surface area contributed by atoms with Crippen LogP contribution in [0.5, 0.6) is 0 Å². The standard InChI is InChI=1S/C13H17FN4OS/c1-2-8-18-12(19)16-17-13(18)20-11-5-3-4-10(14)9(11)6-7-15/h3-5H,2,6-8,15H2,1H3,(H,16,19). The number of aromatic amines is 1. The smallest absolute Gasteiger partial charge is 0.330 e. The van der Waals surface area contributed by atoms with Gasteiger partial charge in [-0.1, -0.05) is 13.0 Å². The number of aromatic nitrogens is 3. The Morgan fingerprint density at radius 3 is 3.00 bits per heavy atom. The second-order valence-electron chi connectivity index (χ2n) is 4.32. The second kappa shape index (κ2) is 6.71. The van der Waals surface area contributed by atoms with Gasteiger partial charge in [0.15, 0.2) is 5.16 Å². The minimum Gasteiger partial charge on any atom is -0.330 e. The average molecular weight is 296 g/mol. The van der Waals surface area contributed by atoms with E-state index in [1.165, 1.54) is 17.8 Å². The second-order valence-corrected chi connectivity index (χ2v) is 5.33. The van der Waals surface area contributed by atoms with Crippen molar-refractivity contribution in [2.45, 2.75) is 36.4 Å². The highest BCUT2D eigenvalue weighted by Crippen LogP contribution is 2.30. The molecule has 0 spiro atoms. The predicted octanol–water partition coefficient (Wildman–Crippen LogP) is 1.77. The topological polar surface area (TPSA) is 76.7 Å². The maximum absolute atomic E-state index is 13.8. The van der Waals surface area contributed by atoms with Crippen LogP contribution in [0.2, 0.25) is 0 Å². The van der Waals surface area contributed by atoms with E-state index in [1.807, 2.05) is 13.0 Å². The number of rotatable bonds is 6. The van der Waals surface area contributed by atoms with Crippen molar-refractivity contribution in [1.82, 2.24) is 14.8 Å². The fourth-order valence-electron chi connectivity index (χ4n) is 1.92. The molecule has 0 aliphatic carbocycles. The van der Waals surface area contributed by atoms with Crippen LogP contribution in [0, 0.1) is 5.82 Å². The lowest BCUT2D eigenvalue weighted by Gasteiger charge is -2.09. The first kappa shape index (κ1) is 14.8. The lowest BCUT2D eigenvalue weighted by molar-refractivity contribution is 0.599. The summed E-state index contributed by atoms with van der Waals surface area (Å²) in [5.74, 6) is -0.277. The molecule has 1 heterocycles. The van der Waals surface area contributed by atoms with Gasteiger partial charge in [0.2, 0.25) is 0 Å². The predicted molar refractivity (Wildman–Crippen MR) is 76.4 cm³/mol. The lowest BCUT2D eigenvalue weighted by Crippen LogP contribution is -2.17. The summed E-state index contributed by atoms with van der Waals surface area (Å²) >= 11 is 1.28. The molecule has 108 valence electrons. The molecule has 1 aromatic heterocycles. The average Bonchev–Trinajstić information content (AvgIpc) is 2.76. The van der Waals surface area contributed by atoms with E-state index in [0.717, 1.165) is 11.3 Å². The van der Waals surface area contributed by atoms with Crippen molar-refractivity contribution >= 4 is 11.8 Å². The molecule has 7 heteroatoms. The van der Waals surface area contributed by atoms with Crippen LogP contribution < -0.4 is 11.4 Å². The Morgan fingerprint density at radius 1 is 1.50 bits per heavy atom. The molecule has 0 saturated heterocycles. The zero-order valence-electron chi connectivity index (χ0n) is 11.2. The van der Waals surface area contributed by atoms with Crippen molar-refractivity contribution in [3.8, 4) is 0 Å². The van der Waals surface area contributed by atoms with E-state index in [0.29, 0.717) is 30.2 Å². The molecule has 0 amide bonds. The van der Waals surface area contributed by atoms with Gasteiger partial charge in [0.05, 0.1) is 0 Å². The summed E-state index contributed by atoms with van der Waals surface area (Å²) < 4.78 is 15.4. The normalized spacial score (nSPS) is 10.9. The summed E-state index contributed by atoms with van der Waals surface area (Å²) in [6, 6.07) is 4.87. The summed E-state index contributed by atoms with van der Waals surface area (Å²) in [6.45, 7) is 2.94. The zero-order chi connectivity index (χ0) is 14.5. The van der Waals surface area contributed by atoms with Gasteiger partial charge < -0.3 is 5.73 Å². The third kappa shape index (κ3) is 3.10. The number of hydrogen-bond acceptors (Lipinski definition) is 4. The van der Waals surface area contributed by atoms with Crippen LogP contribution in [0.1, 0.15) is 18.9 Å². The van der Waals surface area contributed by atoms with Crippen molar-refractivity contribution in [3.63, 3.8) is 0 Å². The molecule has 0 fully saturated rings. The molecular formula is C13H17FN4OS. The Labute approximate surface area is 120 Å². The molecule has 0 aliphatic heterocycles. The Kier molecular flexibility index (Phi) is 4.97. The van der Waals surface area contributed by atoms with Gasteiger partial charge in [-0.3, -0.25) is 4.57 Å². The van der Waals surface area contributed by atoms with Crippen LogP contribution in [0.15, 0.2) is 33.0 Å². The summed E-state index contributed by atoms with van der Waals surface area (Å²) in [6.07, 6.45) is 1.28. The number of nitrogens with zero attached hydrogens (tertiary/aromatic N) is 2. The summed E-state index contributed by atoms with van der Waals surface area (Å²) in [5, 5.41) is 6.96. The maximum Gasteiger partial charge on any atom is 0.343 e. The number of hydrogen-bond donors (Lipinski definition) is 2. The Bertz CT molecular complexity index is 638. The molecule has 2 rings (SSSR count). The third-order valence-corrected chi connectivity index (χ3v) is 3.94. The summed E-state index contributed by atoms with van der Waals surface area (Å²) in [5.41, 5.74) is 5.84. The van der Waals surface area contributed by atoms with Gasteiger partial charge in [0.1, 0.15) is 5.82 Å². The molecule has 0 bridgehead atoms. The molecule has 1 aromatic carbocycles. The number of nitrogens with one attached hydrogen (secondary N) is 1. The van der Waals surface area contributed by atoms with Crippen molar-refractivity contribution < 1.29 is 4.39 Å². The molecule has 3 N–H and O–H groups in total. The molecule has 0 atom stereocenters. The number of H-pyrrole nitrogens is 1. The Morgan fingerprint density at radius 2 is 2.30 bits per heavy atom. The third-order valence-electron chi connectivity index (χ3n) is 2.84.